The van der Waals surface area contributed by atoms with Gasteiger partial charge in [-0.15, -0.1) is 0 Å². The number of sulfonamides is 1. The van der Waals surface area contributed by atoms with Crippen LogP contribution in [0.25, 0.3) is 22.0 Å². The standard InChI is InChI=1S/C22H17F4N5O2S/c1-2-8-34(32,33)31-17-6-5-15(23)20(19(17)25)30-22-14-9-13(12-4-3-7-27-21(12)26)16(24)10-18(14)28-11-29-22/h3-7,9-11,31H,2,8H2,1H3,(H,28,29,30). The summed E-state index contributed by atoms with van der Waals surface area (Å²) in [6, 6.07) is 6.87. The van der Waals surface area contributed by atoms with Gasteiger partial charge < -0.3 is 5.32 Å². The number of hydrogen-bond donors (Lipinski definition) is 2. The quantitative estimate of drug-likeness (QED) is 0.274. The van der Waals surface area contributed by atoms with Crippen LogP contribution in [-0.4, -0.2) is 29.1 Å². The van der Waals surface area contributed by atoms with E-state index in [1.165, 1.54) is 24.4 Å². The zero-order valence-corrected chi connectivity index (χ0v) is 18.4. The molecule has 7 nitrogen and oxygen atoms in total. The van der Waals surface area contributed by atoms with Gasteiger partial charge in [0.05, 0.1) is 17.0 Å². The van der Waals surface area contributed by atoms with Crippen LogP contribution in [0, 0.1) is 23.4 Å². The first-order valence-electron chi connectivity index (χ1n) is 10.0. The topological polar surface area (TPSA) is 96.9 Å². The SMILES string of the molecule is CCCS(=O)(=O)Nc1ccc(F)c(Nc2ncnc3cc(F)c(-c4cccnc4F)cc23)c1F. The van der Waals surface area contributed by atoms with Crippen molar-refractivity contribution in [1.82, 2.24) is 15.0 Å². The van der Waals surface area contributed by atoms with Crippen molar-refractivity contribution in [2.75, 3.05) is 15.8 Å². The minimum atomic E-state index is -3.84. The Kier molecular flexibility index (Phi) is 6.33. The van der Waals surface area contributed by atoms with E-state index >= 15 is 4.39 Å². The number of rotatable bonds is 7. The minimum absolute atomic E-state index is 0.0867. The fraction of sp³-hybridized carbons (Fsp3) is 0.136. The molecule has 0 fully saturated rings. The van der Waals surface area contributed by atoms with E-state index in [4.69, 9.17) is 0 Å². The molecule has 0 aliphatic rings. The van der Waals surface area contributed by atoms with Gasteiger partial charge in [-0.05, 0) is 36.8 Å². The molecule has 34 heavy (non-hydrogen) atoms. The Balaban J connectivity index is 1.81. The van der Waals surface area contributed by atoms with E-state index in [0.717, 1.165) is 24.5 Å². The molecule has 4 aromatic rings. The van der Waals surface area contributed by atoms with Gasteiger partial charge in [0.25, 0.3) is 0 Å². The third-order valence-electron chi connectivity index (χ3n) is 4.85. The number of pyridine rings is 1. The van der Waals surface area contributed by atoms with E-state index in [-0.39, 0.29) is 33.6 Å². The lowest BCUT2D eigenvalue weighted by Crippen LogP contribution is -2.17. The van der Waals surface area contributed by atoms with Gasteiger partial charge in [-0.1, -0.05) is 6.92 Å². The average molecular weight is 491 g/mol. The molecule has 176 valence electrons. The fourth-order valence-electron chi connectivity index (χ4n) is 3.32. The monoisotopic (exact) mass is 491 g/mol. The Bertz CT molecular complexity index is 1500. The van der Waals surface area contributed by atoms with Crippen LogP contribution in [0.3, 0.4) is 0 Å². The zero-order chi connectivity index (χ0) is 24.5. The molecule has 2 heterocycles. The fourth-order valence-corrected chi connectivity index (χ4v) is 4.45. The lowest BCUT2D eigenvalue weighted by molar-refractivity contribution is 0.583. The van der Waals surface area contributed by atoms with E-state index in [1.54, 1.807) is 6.92 Å². The molecule has 0 radical (unpaired) electrons. The Morgan fingerprint density at radius 3 is 2.47 bits per heavy atom. The van der Waals surface area contributed by atoms with Crippen molar-refractivity contribution in [1.29, 1.82) is 0 Å². The molecule has 0 saturated heterocycles. The van der Waals surface area contributed by atoms with Crippen LogP contribution in [0.1, 0.15) is 13.3 Å². The number of fused-ring (bicyclic) bond motifs is 1. The number of halogens is 4. The molecule has 0 atom stereocenters. The molecule has 0 bridgehead atoms. The van der Waals surface area contributed by atoms with Crippen molar-refractivity contribution in [3.63, 3.8) is 0 Å². The molecule has 0 saturated carbocycles. The maximum Gasteiger partial charge on any atom is 0.232 e. The third-order valence-corrected chi connectivity index (χ3v) is 6.32. The van der Waals surface area contributed by atoms with Crippen molar-refractivity contribution in [3.8, 4) is 11.1 Å². The summed E-state index contributed by atoms with van der Waals surface area (Å²) >= 11 is 0. The number of nitrogens with one attached hydrogen (secondary N) is 2. The number of nitrogens with zero attached hydrogens (tertiary/aromatic N) is 3. The second-order valence-corrected chi connectivity index (χ2v) is 9.08. The summed E-state index contributed by atoms with van der Waals surface area (Å²) in [5.74, 6) is -4.27. The Hall–Kier alpha value is -3.80. The molecule has 2 aromatic heterocycles. The highest BCUT2D eigenvalue weighted by Gasteiger charge is 2.20. The molecule has 0 spiro atoms. The minimum Gasteiger partial charge on any atom is -0.335 e. The van der Waals surface area contributed by atoms with Crippen LogP contribution < -0.4 is 10.0 Å². The van der Waals surface area contributed by atoms with Gasteiger partial charge in [-0.3, -0.25) is 4.72 Å². The van der Waals surface area contributed by atoms with Crippen LogP contribution in [0.4, 0.5) is 34.8 Å². The van der Waals surface area contributed by atoms with Crippen molar-refractivity contribution >= 4 is 38.1 Å². The van der Waals surface area contributed by atoms with Gasteiger partial charge in [0, 0.05) is 28.8 Å². The molecule has 0 aliphatic carbocycles. The van der Waals surface area contributed by atoms with Gasteiger partial charge in [0.1, 0.15) is 29.5 Å². The number of benzene rings is 2. The van der Waals surface area contributed by atoms with Crippen molar-refractivity contribution < 1.29 is 26.0 Å². The summed E-state index contributed by atoms with van der Waals surface area (Å²) in [4.78, 5) is 11.4. The van der Waals surface area contributed by atoms with Crippen LogP contribution in [0.2, 0.25) is 0 Å². The van der Waals surface area contributed by atoms with Crippen molar-refractivity contribution in [2.24, 2.45) is 0 Å². The first-order valence-corrected chi connectivity index (χ1v) is 11.7. The Morgan fingerprint density at radius 1 is 0.941 bits per heavy atom. The van der Waals surface area contributed by atoms with E-state index in [2.05, 4.69) is 25.0 Å². The third kappa shape index (κ3) is 4.62. The van der Waals surface area contributed by atoms with Gasteiger partial charge in [-0.25, -0.2) is 36.5 Å². The first-order chi connectivity index (χ1) is 16.2. The highest BCUT2D eigenvalue weighted by Crippen LogP contribution is 2.34. The number of aromatic nitrogens is 3. The van der Waals surface area contributed by atoms with Gasteiger partial charge in [0.2, 0.25) is 16.0 Å². The molecular weight excluding hydrogens is 474 g/mol. The second kappa shape index (κ2) is 9.21. The summed E-state index contributed by atoms with van der Waals surface area (Å²) in [6.07, 6.45) is 2.56. The van der Waals surface area contributed by atoms with Crippen molar-refractivity contribution in [3.05, 3.63) is 72.3 Å². The zero-order valence-electron chi connectivity index (χ0n) is 17.6. The molecule has 0 unspecified atom stereocenters. The number of hydrogen-bond acceptors (Lipinski definition) is 6. The maximum atomic E-state index is 15.1. The van der Waals surface area contributed by atoms with E-state index in [1.807, 2.05) is 0 Å². The lowest BCUT2D eigenvalue weighted by atomic mass is 10.0. The summed E-state index contributed by atoms with van der Waals surface area (Å²) < 4.78 is 84.6. The first kappa shape index (κ1) is 23.4. The van der Waals surface area contributed by atoms with Gasteiger partial charge in [-0.2, -0.15) is 4.39 Å². The molecular formula is C22H17F4N5O2S. The van der Waals surface area contributed by atoms with Crippen LogP contribution in [0.5, 0.6) is 0 Å². The summed E-state index contributed by atoms with van der Waals surface area (Å²) in [5.41, 5.74) is -1.34. The number of anilines is 3. The predicted octanol–water partition coefficient (Wildman–Crippen LogP) is 5.14. The maximum absolute atomic E-state index is 15.1. The van der Waals surface area contributed by atoms with Crippen molar-refractivity contribution in [2.45, 2.75) is 13.3 Å². The van der Waals surface area contributed by atoms with Crippen LogP contribution >= 0.6 is 0 Å². The van der Waals surface area contributed by atoms with E-state index in [0.29, 0.717) is 6.42 Å². The highest BCUT2D eigenvalue weighted by atomic mass is 32.2. The second-order valence-electron chi connectivity index (χ2n) is 7.24. The Labute approximate surface area is 192 Å². The largest absolute Gasteiger partial charge is 0.335 e. The Morgan fingerprint density at radius 2 is 1.74 bits per heavy atom. The predicted molar refractivity (Wildman–Crippen MR) is 120 cm³/mol. The van der Waals surface area contributed by atoms with E-state index < -0.39 is 44.8 Å². The van der Waals surface area contributed by atoms with Crippen LogP contribution in [0.15, 0.2) is 48.9 Å². The molecule has 0 amide bonds. The summed E-state index contributed by atoms with van der Waals surface area (Å²) in [6.45, 7) is 1.64. The lowest BCUT2D eigenvalue weighted by Gasteiger charge is -2.14. The van der Waals surface area contributed by atoms with Gasteiger partial charge in [0.15, 0.2) is 5.82 Å². The molecule has 2 N–H and O–H groups in total. The average Bonchev–Trinajstić information content (AvgIpc) is 2.78. The molecule has 2 aromatic carbocycles. The summed E-state index contributed by atoms with van der Waals surface area (Å²) in [5, 5.41) is 2.62. The molecule has 0 aliphatic heterocycles. The smallest absolute Gasteiger partial charge is 0.232 e. The summed E-state index contributed by atoms with van der Waals surface area (Å²) in [7, 11) is -3.84. The molecule has 12 heteroatoms. The normalized spacial score (nSPS) is 11.6. The molecule has 4 rings (SSSR count). The van der Waals surface area contributed by atoms with Crippen LogP contribution in [-0.2, 0) is 10.0 Å². The van der Waals surface area contributed by atoms with E-state index in [9.17, 15) is 21.6 Å². The van der Waals surface area contributed by atoms with Gasteiger partial charge >= 0.3 is 0 Å². The highest BCUT2D eigenvalue weighted by molar-refractivity contribution is 7.92.